The first kappa shape index (κ1) is 10.9. The van der Waals surface area contributed by atoms with E-state index in [1.807, 2.05) is 12.1 Å². The Bertz CT molecular complexity index is 513. The monoisotopic (exact) mass is 234 g/mol. The van der Waals surface area contributed by atoms with Gasteiger partial charge < -0.3 is 11.5 Å². The van der Waals surface area contributed by atoms with Gasteiger partial charge in [0.25, 0.3) is 0 Å². The number of benzene rings is 1. The first-order chi connectivity index (χ1) is 7.69. The molecule has 1 aromatic carbocycles. The van der Waals surface area contributed by atoms with E-state index in [0.717, 1.165) is 5.56 Å². The van der Waals surface area contributed by atoms with Crippen molar-refractivity contribution in [2.24, 2.45) is 5.73 Å². The Kier molecular flexibility index (Phi) is 3.03. The highest BCUT2D eigenvalue weighted by Gasteiger charge is 2.04. The van der Waals surface area contributed by atoms with Gasteiger partial charge in [-0.2, -0.15) is 0 Å². The van der Waals surface area contributed by atoms with E-state index in [9.17, 15) is 0 Å². The number of nitrogen functional groups attached to an aromatic ring is 1. The summed E-state index contributed by atoms with van der Waals surface area (Å²) in [5.41, 5.74) is 12.7. The largest absolute Gasteiger partial charge is 0.384 e. The van der Waals surface area contributed by atoms with Crippen molar-refractivity contribution in [2.75, 3.05) is 5.73 Å². The summed E-state index contributed by atoms with van der Waals surface area (Å²) in [6.45, 7) is 0.334. The molecule has 2 aromatic rings. The number of rotatable bonds is 2. The maximum absolute atomic E-state index is 5.90. The van der Waals surface area contributed by atoms with Gasteiger partial charge in [0.15, 0.2) is 5.82 Å². The minimum atomic E-state index is 0.334. The summed E-state index contributed by atoms with van der Waals surface area (Å²) >= 11 is 5.90. The van der Waals surface area contributed by atoms with E-state index in [1.165, 1.54) is 0 Å². The fourth-order valence-corrected chi connectivity index (χ4v) is 1.57. The van der Waals surface area contributed by atoms with Crippen LogP contribution in [0.1, 0.15) is 5.69 Å². The summed E-state index contributed by atoms with van der Waals surface area (Å²) in [4.78, 5) is 8.43. The van der Waals surface area contributed by atoms with Crippen molar-refractivity contribution in [2.45, 2.75) is 6.54 Å². The number of hydrogen-bond donors (Lipinski definition) is 2. The lowest BCUT2D eigenvalue weighted by Gasteiger charge is -2.04. The molecule has 0 aliphatic rings. The van der Waals surface area contributed by atoms with Crippen molar-refractivity contribution in [3.05, 3.63) is 41.0 Å². The highest BCUT2D eigenvalue weighted by molar-refractivity contribution is 6.30. The van der Waals surface area contributed by atoms with Crippen molar-refractivity contribution >= 4 is 17.4 Å². The molecule has 0 amide bonds. The van der Waals surface area contributed by atoms with Crippen LogP contribution in [0.4, 0.5) is 5.82 Å². The first-order valence-corrected chi connectivity index (χ1v) is 5.16. The van der Waals surface area contributed by atoms with Gasteiger partial charge in [0, 0.05) is 23.2 Å². The second-order valence-corrected chi connectivity index (χ2v) is 3.76. The second-order valence-electron chi connectivity index (χ2n) is 3.32. The number of hydrogen-bond acceptors (Lipinski definition) is 4. The van der Waals surface area contributed by atoms with Crippen LogP contribution in [0.25, 0.3) is 11.4 Å². The van der Waals surface area contributed by atoms with E-state index in [4.69, 9.17) is 23.1 Å². The molecule has 0 radical (unpaired) electrons. The summed E-state index contributed by atoms with van der Waals surface area (Å²) in [6.07, 6.45) is 0. The third-order valence-electron chi connectivity index (χ3n) is 2.09. The van der Waals surface area contributed by atoms with Gasteiger partial charge in [-0.15, -0.1) is 0 Å². The minimum absolute atomic E-state index is 0.334. The third kappa shape index (κ3) is 2.29. The van der Waals surface area contributed by atoms with Crippen LogP contribution in [0.15, 0.2) is 30.3 Å². The van der Waals surface area contributed by atoms with Crippen LogP contribution in [0.3, 0.4) is 0 Å². The molecule has 0 bridgehead atoms. The molecule has 0 saturated heterocycles. The van der Waals surface area contributed by atoms with Gasteiger partial charge in [-0.05, 0) is 12.1 Å². The van der Waals surface area contributed by atoms with Crippen LogP contribution < -0.4 is 11.5 Å². The molecule has 5 heteroatoms. The molecule has 0 saturated carbocycles. The van der Waals surface area contributed by atoms with Crippen molar-refractivity contribution in [1.29, 1.82) is 0 Å². The van der Waals surface area contributed by atoms with Gasteiger partial charge in [0.2, 0.25) is 0 Å². The SMILES string of the molecule is NCc1cc(N)nc(-c2cccc(Cl)c2)n1. The van der Waals surface area contributed by atoms with E-state index in [-0.39, 0.29) is 0 Å². The normalized spacial score (nSPS) is 10.4. The van der Waals surface area contributed by atoms with E-state index in [1.54, 1.807) is 18.2 Å². The molecule has 4 nitrogen and oxygen atoms in total. The average molecular weight is 235 g/mol. The molecule has 1 aromatic heterocycles. The number of halogens is 1. The molecule has 4 N–H and O–H groups in total. The Morgan fingerprint density at radius 1 is 1.19 bits per heavy atom. The van der Waals surface area contributed by atoms with E-state index in [2.05, 4.69) is 9.97 Å². The third-order valence-corrected chi connectivity index (χ3v) is 2.33. The summed E-state index contributed by atoms with van der Waals surface area (Å²) < 4.78 is 0. The second kappa shape index (κ2) is 4.47. The average Bonchev–Trinajstić information content (AvgIpc) is 2.28. The molecule has 0 aliphatic heterocycles. The Morgan fingerprint density at radius 2 is 2.00 bits per heavy atom. The van der Waals surface area contributed by atoms with Crippen LogP contribution in [-0.2, 0) is 6.54 Å². The molecule has 2 rings (SSSR count). The standard InChI is InChI=1S/C11H11ClN4/c12-8-3-1-2-7(4-8)11-15-9(6-13)5-10(14)16-11/h1-5H,6,13H2,(H2,14,15,16). The minimum Gasteiger partial charge on any atom is -0.384 e. The molecule has 1 heterocycles. The summed E-state index contributed by atoms with van der Waals surface area (Å²) in [6, 6.07) is 8.96. The molecule has 82 valence electrons. The maximum Gasteiger partial charge on any atom is 0.161 e. The van der Waals surface area contributed by atoms with Crippen LogP contribution in [0, 0.1) is 0 Å². The Labute approximate surface area is 98.3 Å². The van der Waals surface area contributed by atoms with E-state index >= 15 is 0 Å². The smallest absolute Gasteiger partial charge is 0.161 e. The van der Waals surface area contributed by atoms with Crippen molar-refractivity contribution in [3.63, 3.8) is 0 Å². The topological polar surface area (TPSA) is 77.8 Å². The van der Waals surface area contributed by atoms with Crippen molar-refractivity contribution < 1.29 is 0 Å². The zero-order valence-corrected chi connectivity index (χ0v) is 9.28. The summed E-state index contributed by atoms with van der Waals surface area (Å²) in [7, 11) is 0. The number of nitrogens with two attached hydrogens (primary N) is 2. The number of nitrogens with zero attached hydrogens (tertiary/aromatic N) is 2. The lowest BCUT2D eigenvalue weighted by molar-refractivity contribution is 0.973. The van der Waals surface area contributed by atoms with Gasteiger partial charge in [-0.25, -0.2) is 9.97 Å². The maximum atomic E-state index is 5.90. The van der Waals surface area contributed by atoms with Gasteiger partial charge in [-0.3, -0.25) is 0 Å². The number of anilines is 1. The van der Waals surface area contributed by atoms with Crippen LogP contribution in [-0.4, -0.2) is 9.97 Å². The summed E-state index contributed by atoms with van der Waals surface area (Å²) in [5.74, 6) is 0.952. The lowest BCUT2D eigenvalue weighted by Crippen LogP contribution is -2.04. The molecular weight excluding hydrogens is 224 g/mol. The quantitative estimate of drug-likeness (QED) is 0.831. The molecule has 0 unspecified atom stereocenters. The predicted molar refractivity (Wildman–Crippen MR) is 64.8 cm³/mol. The number of aromatic nitrogens is 2. The fraction of sp³-hybridized carbons (Fsp3) is 0.0909. The van der Waals surface area contributed by atoms with Gasteiger partial charge in [-0.1, -0.05) is 23.7 Å². The van der Waals surface area contributed by atoms with Gasteiger partial charge in [0.05, 0.1) is 5.69 Å². The van der Waals surface area contributed by atoms with Crippen LogP contribution in [0.2, 0.25) is 5.02 Å². The zero-order valence-electron chi connectivity index (χ0n) is 8.52. The summed E-state index contributed by atoms with van der Waals surface area (Å²) in [5, 5.41) is 0.637. The van der Waals surface area contributed by atoms with Crippen molar-refractivity contribution in [3.8, 4) is 11.4 Å². The molecule has 0 spiro atoms. The first-order valence-electron chi connectivity index (χ1n) is 4.78. The van der Waals surface area contributed by atoms with E-state index < -0.39 is 0 Å². The molecular formula is C11H11ClN4. The highest BCUT2D eigenvalue weighted by atomic mass is 35.5. The van der Waals surface area contributed by atoms with Crippen molar-refractivity contribution in [1.82, 2.24) is 9.97 Å². The van der Waals surface area contributed by atoms with E-state index in [0.29, 0.717) is 28.9 Å². The molecule has 0 atom stereocenters. The van der Waals surface area contributed by atoms with Gasteiger partial charge in [0.1, 0.15) is 5.82 Å². The molecule has 0 aliphatic carbocycles. The molecule has 16 heavy (non-hydrogen) atoms. The van der Waals surface area contributed by atoms with Crippen LogP contribution in [0.5, 0.6) is 0 Å². The Balaban J connectivity index is 2.51. The van der Waals surface area contributed by atoms with Gasteiger partial charge >= 0.3 is 0 Å². The predicted octanol–water partition coefficient (Wildman–Crippen LogP) is 1.84. The molecule has 0 fully saturated rings. The Hall–Kier alpha value is -1.65. The zero-order chi connectivity index (χ0) is 11.5. The Morgan fingerprint density at radius 3 is 2.69 bits per heavy atom. The fourth-order valence-electron chi connectivity index (χ4n) is 1.38. The van der Waals surface area contributed by atoms with Crippen LogP contribution >= 0.6 is 11.6 Å². The highest BCUT2D eigenvalue weighted by Crippen LogP contribution is 2.20. The lowest BCUT2D eigenvalue weighted by atomic mass is 10.2.